The number of amides is 3. The number of aliphatic imine (C=N–C) groups is 1. The molecule has 172 valence electrons. The minimum absolute atomic E-state index is 0.102. The van der Waals surface area contributed by atoms with Gasteiger partial charge in [-0.2, -0.15) is 0 Å². The van der Waals surface area contributed by atoms with Gasteiger partial charge in [0, 0.05) is 34.0 Å². The van der Waals surface area contributed by atoms with E-state index in [1.54, 1.807) is 67.6 Å². The summed E-state index contributed by atoms with van der Waals surface area (Å²) in [5.41, 5.74) is 3.95. The summed E-state index contributed by atoms with van der Waals surface area (Å²) in [5.74, 6) is -0.725. The Morgan fingerprint density at radius 2 is 1.88 bits per heavy atom. The van der Waals surface area contributed by atoms with Crippen LogP contribution in [0.3, 0.4) is 0 Å². The number of carbonyl (C=O) groups is 2. The van der Waals surface area contributed by atoms with Crippen molar-refractivity contribution >= 4 is 40.6 Å². The van der Waals surface area contributed by atoms with Crippen LogP contribution in [0.25, 0.3) is 0 Å². The molecular formula is C26H22ClFN4O2. The van der Waals surface area contributed by atoms with E-state index in [0.717, 1.165) is 0 Å². The molecule has 0 saturated heterocycles. The van der Waals surface area contributed by atoms with Crippen LogP contribution in [-0.4, -0.2) is 23.7 Å². The SMILES string of the molecule is C=C(C)NC(=O)Nc1ccc(C2=NC(Cc3ccccc3F)C(=O)Nc3ccc(Cl)cc32)cc1. The maximum Gasteiger partial charge on any atom is 0.323 e. The minimum Gasteiger partial charge on any atom is -0.324 e. The van der Waals surface area contributed by atoms with Gasteiger partial charge in [0.1, 0.15) is 11.9 Å². The summed E-state index contributed by atoms with van der Waals surface area (Å²) in [6, 6.07) is 17.2. The maximum atomic E-state index is 14.3. The van der Waals surface area contributed by atoms with Crippen LogP contribution in [0.1, 0.15) is 23.6 Å². The number of nitrogens with one attached hydrogen (secondary N) is 3. The number of urea groups is 1. The predicted molar refractivity (Wildman–Crippen MR) is 133 cm³/mol. The maximum absolute atomic E-state index is 14.3. The number of halogens is 2. The van der Waals surface area contributed by atoms with Gasteiger partial charge in [0.2, 0.25) is 5.91 Å². The molecule has 3 N–H and O–H groups in total. The molecule has 8 heteroatoms. The average Bonchev–Trinajstić information content (AvgIpc) is 2.92. The van der Waals surface area contributed by atoms with Gasteiger partial charge in [-0.25, -0.2) is 9.18 Å². The summed E-state index contributed by atoms with van der Waals surface area (Å²) in [6.45, 7) is 5.33. The van der Waals surface area contributed by atoms with Gasteiger partial charge in [0.15, 0.2) is 0 Å². The Hall–Kier alpha value is -3.97. The lowest BCUT2D eigenvalue weighted by Crippen LogP contribution is -2.28. The van der Waals surface area contributed by atoms with Crippen LogP contribution in [-0.2, 0) is 11.2 Å². The summed E-state index contributed by atoms with van der Waals surface area (Å²) >= 11 is 6.25. The largest absolute Gasteiger partial charge is 0.324 e. The highest BCUT2D eigenvalue weighted by atomic mass is 35.5. The number of allylic oxidation sites excluding steroid dienone is 1. The molecule has 1 heterocycles. The van der Waals surface area contributed by atoms with Crippen LogP contribution in [0.4, 0.5) is 20.6 Å². The van der Waals surface area contributed by atoms with E-state index in [-0.39, 0.29) is 18.1 Å². The van der Waals surface area contributed by atoms with Crippen molar-refractivity contribution in [3.05, 3.63) is 107 Å². The minimum atomic E-state index is -0.850. The van der Waals surface area contributed by atoms with Crippen molar-refractivity contribution in [1.29, 1.82) is 0 Å². The van der Waals surface area contributed by atoms with Crippen molar-refractivity contribution in [1.82, 2.24) is 5.32 Å². The molecule has 1 atom stereocenters. The lowest BCUT2D eigenvalue weighted by Gasteiger charge is -2.12. The molecule has 0 saturated carbocycles. The van der Waals surface area contributed by atoms with Crippen molar-refractivity contribution in [2.75, 3.05) is 10.6 Å². The van der Waals surface area contributed by atoms with Crippen molar-refractivity contribution in [3.8, 4) is 0 Å². The van der Waals surface area contributed by atoms with Crippen LogP contribution in [0.15, 0.2) is 84.0 Å². The third-order valence-corrected chi connectivity index (χ3v) is 5.43. The molecule has 0 aromatic heterocycles. The summed E-state index contributed by atoms with van der Waals surface area (Å²) in [5, 5.41) is 8.67. The topological polar surface area (TPSA) is 82.6 Å². The average molecular weight is 477 g/mol. The number of nitrogens with zero attached hydrogens (tertiary/aromatic N) is 1. The van der Waals surface area contributed by atoms with Crippen molar-refractivity contribution in [3.63, 3.8) is 0 Å². The smallest absolute Gasteiger partial charge is 0.323 e. The number of anilines is 2. The molecule has 1 aliphatic heterocycles. The molecular weight excluding hydrogens is 455 g/mol. The summed E-state index contributed by atoms with van der Waals surface area (Å²) in [7, 11) is 0. The molecule has 3 amide bonds. The first kappa shape index (κ1) is 23.2. The van der Waals surface area contributed by atoms with E-state index in [9.17, 15) is 14.0 Å². The van der Waals surface area contributed by atoms with E-state index in [2.05, 4.69) is 22.5 Å². The number of hydrogen-bond donors (Lipinski definition) is 3. The highest BCUT2D eigenvalue weighted by Crippen LogP contribution is 2.28. The number of rotatable bonds is 5. The van der Waals surface area contributed by atoms with Gasteiger partial charge >= 0.3 is 6.03 Å². The number of hydrogen-bond acceptors (Lipinski definition) is 3. The van der Waals surface area contributed by atoms with Gasteiger partial charge in [-0.15, -0.1) is 0 Å². The number of fused-ring (bicyclic) bond motifs is 1. The second-order valence-electron chi connectivity index (χ2n) is 7.90. The molecule has 0 aliphatic carbocycles. The third-order valence-electron chi connectivity index (χ3n) is 5.20. The monoisotopic (exact) mass is 476 g/mol. The molecule has 0 spiro atoms. The van der Waals surface area contributed by atoms with Crippen LogP contribution < -0.4 is 16.0 Å². The summed E-state index contributed by atoms with van der Waals surface area (Å²) < 4.78 is 14.3. The van der Waals surface area contributed by atoms with Gasteiger partial charge in [-0.05, 0) is 48.9 Å². The van der Waals surface area contributed by atoms with Crippen LogP contribution in [0, 0.1) is 5.82 Å². The van der Waals surface area contributed by atoms with E-state index >= 15 is 0 Å². The highest BCUT2D eigenvalue weighted by molar-refractivity contribution is 6.32. The van der Waals surface area contributed by atoms with Gasteiger partial charge in [-0.1, -0.05) is 48.5 Å². The quantitative estimate of drug-likeness (QED) is 0.452. The molecule has 1 aliphatic rings. The van der Waals surface area contributed by atoms with Gasteiger partial charge in [0.05, 0.1) is 11.4 Å². The standard InChI is InChI=1S/C26H22ClFN4O2/c1-15(2)29-26(34)30-19-10-7-16(8-11-19)24-20-14-18(27)9-12-22(20)32-25(33)23(31-24)13-17-5-3-4-6-21(17)28/h3-12,14,23H,1,13H2,2H3,(H,32,33)(H2,29,30,34). The molecule has 0 radical (unpaired) electrons. The van der Waals surface area contributed by atoms with Crippen molar-refractivity contribution < 1.29 is 14.0 Å². The zero-order valence-corrected chi connectivity index (χ0v) is 19.1. The first-order chi connectivity index (χ1) is 16.3. The fourth-order valence-electron chi connectivity index (χ4n) is 3.63. The third kappa shape index (κ3) is 5.32. The Balaban J connectivity index is 1.71. The van der Waals surface area contributed by atoms with E-state index in [0.29, 0.717) is 44.5 Å². The van der Waals surface area contributed by atoms with E-state index in [1.807, 2.05) is 0 Å². The summed E-state index contributed by atoms with van der Waals surface area (Å²) in [6.07, 6.45) is 0.102. The van der Waals surface area contributed by atoms with Gasteiger partial charge in [-0.3, -0.25) is 9.79 Å². The fourth-order valence-corrected chi connectivity index (χ4v) is 3.80. The van der Waals surface area contributed by atoms with E-state index in [1.165, 1.54) is 6.07 Å². The molecule has 0 bridgehead atoms. The molecule has 4 rings (SSSR count). The van der Waals surface area contributed by atoms with E-state index < -0.39 is 12.1 Å². The second kappa shape index (κ2) is 9.89. The molecule has 0 fully saturated rings. The first-order valence-electron chi connectivity index (χ1n) is 10.6. The Kier molecular flexibility index (Phi) is 6.75. The molecule has 3 aromatic carbocycles. The molecule has 34 heavy (non-hydrogen) atoms. The second-order valence-corrected chi connectivity index (χ2v) is 8.34. The fraction of sp³-hybridized carbons (Fsp3) is 0.115. The molecule has 1 unspecified atom stereocenters. The predicted octanol–water partition coefficient (Wildman–Crippen LogP) is 5.54. The number of benzene rings is 3. The van der Waals surface area contributed by atoms with Gasteiger partial charge < -0.3 is 16.0 Å². The summed E-state index contributed by atoms with van der Waals surface area (Å²) in [4.78, 5) is 29.7. The lowest BCUT2D eigenvalue weighted by molar-refractivity contribution is -0.117. The first-order valence-corrected chi connectivity index (χ1v) is 10.9. The Labute approximate surface area is 201 Å². The Bertz CT molecular complexity index is 1300. The zero-order chi connectivity index (χ0) is 24.2. The number of carbonyl (C=O) groups excluding carboxylic acids is 2. The normalized spacial score (nSPS) is 14.9. The van der Waals surface area contributed by atoms with Crippen LogP contribution >= 0.6 is 11.6 Å². The van der Waals surface area contributed by atoms with E-state index in [4.69, 9.17) is 16.6 Å². The van der Waals surface area contributed by atoms with Gasteiger partial charge in [0.25, 0.3) is 0 Å². The zero-order valence-electron chi connectivity index (χ0n) is 18.4. The lowest BCUT2D eigenvalue weighted by atomic mass is 10.00. The van der Waals surface area contributed by atoms with Crippen molar-refractivity contribution in [2.24, 2.45) is 4.99 Å². The van der Waals surface area contributed by atoms with Crippen molar-refractivity contribution in [2.45, 2.75) is 19.4 Å². The number of benzodiazepines with no additional fused rings is 1. The molecule has 6 nitrogen and oxygen atoms in total. The van der Waals surface area contributed by atoms with Crippen LogP contribution in [0.5, 0.6) is 0 Å². The Morgan fingerprint density at radius 3 is 2.59 bits per heavy atom. The highest BCUT2D eigenvalue weighted by Gasteiger charge is 2.27. The Morgan fingerprint density at radius 1 is 1.15 bits per heavy atom. The van der Waals surface area contributed by atoms with Crippen LogP contribution in [0.2, 0.25) is 5.02 Å². The molecule has 3 aromatic rings.